The molecule has 0 heterocycles. The Morgan fingerprint density at radius 1 is 1.44 bits per heavy atom. The van der Waals surface area contributed by atoms with Gasteiger partial charge < -0.3 is 10.1 Å². The molecule has 1 unspecified atom stereocenters. The van der Waals surface area contributed by atoms with Gasteiger partial charge in [-0.2, -0.15) is 0 Å². The van der Waals surface area contributed by atoms with E-state index >= 15 is 0 Å². The lowest BCUT2D eigenvalue weighted by Gasteiger charge is -2.17. The third-order valence-corrected chi connectivity index (χ3v) is 3.23. The summed E-state index contributed by atoms with van der Waals surface area (Å²) in [6.45, 7) is 6.65. The molecule has 0 saturated carbocycles. The normalized spacial score (nSPS) is 12.3. The maximum absolute atomic E-state index is 12.4. The first kappa shape index (κ1) is 15.0. The Morgan fingerprint density at radius 3 is 2.61 bits per heavy atom. The molecule has 1 atom stereocenters. The Balaban J connectivity index is 3.09. The lowest BCUT2D eigenvalue weighted by Crippen LogP contribution is -2.36. The van der Waals surface area contributed by atoms with Crippen LogP contribution in [-0.4, -0.2) is 25.5 Å². The van der Waals surface area contributed by atoms with Crippen molar-refractivity contribution in [3.63, 3.8) is 0 Å². The summed E-state index contributed by atoms with van der Waals surface area (Å²) in [6.07, 6.45) is 0.760. The van der Waals surface area contributed by atoms with E-state index in [1.165, 1.54) is 0 Å². The number of ether oxygens (including phenoxy) is 1. The molecular formula is C14H20ClNO2. The van der Waals surface area contributed by atoms with Crippen LogP contribution in [0.1, 0.15) is 36.2 Å². The molecule has 0 aliphatic carbocycles. The van der Waals surface area contributed by atoms with Crippen LogP contribution in [-0.2, 0) is 0 Å². The summed E-state index contributed by atoms with van der Waals surface area (Å²) in [5, 5.41) is 3.65. The van der Waals surface area contributed by atoms with Gasteiger partial charge in [0.05, 0.1) is 18.2 Å². The van der Waals surface area contributed by atoms with Crippen LogP contribution in [0.25, 0.3) is 0 Å². The second-order valence-corrected chi connectivity index (χ2v) is 4.59. The molecule has 0 amide bonds. The summed E-state index contributed by atoms with van der Waals surface area (Å²) in [6, 6.07) is 3.34. The van der Waals surface area contributed by atoms with Crippen molar-refractivity contribution in [1.29, 1.82) is 0 Å². The van der Waals surface area contributed by atoms with Crippen molar-refractivity contribution >= 4 is 17.4 Å². The maximum Gasteiger partial charge on any atom is 0.180 e. The molecule has 0 radical (unpaired) electrons. The zero-order valence-corrected chi connectivity index (χ0v) is 12.1. The SMILES string of the molecule is CCNC(CC)C(=O)c1cc(Cl)c(OC)cc1C. The number of benzene rings is 1. The molecule has 0 spiro atoms. The Labute approximate surface area is 113 Å². The number of ketones is 1. The van der Waals surface area contributed by atoms with Gasteiger partial charge in [-0.3, -0.25) is 4.79 Å². The highest BCUT2D eigenvalue weighted by atomic mass is 35.5. The minimum atomic E-state index is -0.154. The first-order chi connectivity index (χ1) is 8.54. The number of halogens is 1. The van der Waals surface area contributed by atoms with Crippen LogP contribution in [0, 0.1) is 6.92 Å². The fourth-order valence-corrected chi connectivity index (χ4v) is 2.17. The van der Waals surface area contributed by atoms with Gasteiger partial charge in [0, 0.05) is 5.56 Å². The number of nitrogens with one attached hydrogen (secondary N) is 1. The third-order valence-electron chi connectivity index (χ3n) is 2.94. The van der Waals surface area contributed by atoms with Crippen LogP contribution in [0.4, 0.5) is 0 Å². The van der Waals surface area contributed by atoms with Crippen LogP contribution in [0.2, 0.25) is 5.02 Å². The number of rotatable bonds is 6. The molecule has 4 heteroatoms. The van der Waals surface area contributed by atoms with Crippen LogP contribution in [0.3, 0.4) is 0 Å². The summed E-state index contributed by atoms with van der Waals surface area (Å²) >= 11 is 6.07. The number of carbonyl (C=O) groups excluding carboxylic acids is 1. The molecule has 1 aromatic carbocycles. The first-order valence-corrected chi connectivity index (χ1v) is 6.54. The van der Waals surface area contributed by atoms with Crippen molar-refractivity contribution in [1.82, 2.24) is 5.32 Å². The predicted octanol–water partition coefficient (Wildman–Crippen LogP) is 3.23. The summed E-state index contributed by atoms with van der Waals surface area (Å²) in [5.41, 5.74) is 1.55. The van der Waals surface area contributed by atoms with Gasteiger partial charge in [-0.15, -0.1) is 0 Å². The molecule has 0 fully saturated rings. The van der Waals surface area contributed by atoms with Crippen LogP contribution in [0.5, 0.6) is 5.75 Å². The number of aryl methyl sites for hydroxylation is 1. The molecule has 0 aliphatic heterocycles. The molecule has 0 aromatic heterocycles. The molecule has 1 rings (SSSR count). The molecule has 0 saturated heterocycles. The first-order valence-electron chi connectivity index (χ1n) is 6.16. The average molecular weight is 270 g/mol. The standard InChI is InChI=1S/C14H20ClNO2/c1-5-12(16-6-2)14(17)10-8-11(15)13(18-4)7-9(10)3/h7-8,12,16H,5-6H2,1-4H3. The van der Waals surface area contributed by atoms with Crippen molar-refractivity contribution < 1.29 is 9.53 Å². The van der Waals surface area contributed by atoms with Gasteiger partial charge in [-0.1, -0.05) is 25.4 Å². The van der Waals surface area contributed by atoms with Crippen molar-refractivity contribution in [3.8, 4) is 5.75 Å². The van der Waals surface area contributed by atoms with Gasteiger partial charge in [0.15, 0.2) is 5.78 Å². The second-order valence-electron chi connectivity index (χ2n) is 4.18. The summed E-state index contributed by atoms with van der Waals surface area (Å²) in [4.78, 5) is 12.4. The van der Waals surface area contributed by atoms with Gasteiger partial charge in [0.25, 0.3) is 0 Å². The smallest absolute Gasteiger partial charge is 0.180 e. The van der Waals surface area contributed by atoms with E-state index in [1.54, 1.807) is 19.2 Å². The molecular weight excluding hydrogens is 250 g/mol. The number of carbonyl (C=O) groups is 1. The molecule has 18 heavy (non-hydrogen) atoms. The van der Waals surface area contributed by atoms with E-state index in [0.29, 0.717) is 16.3 Å². The maximum atomic E-state index is 12.4. The van der Waals surface area contributed by atoms with Crippen molar-refractivity contribution in [2.24, 2.45) is 0 Å². The van der Waals surface area contributed by atoms with Gasteiger partial charge in [0.1, 0.15) is 5.75 Å². The minimum absolute atomic E-state index is 0.0846. The average Bonchev–Trinajstić information content (AvgIpc) is 2.37. The number of Topliss-reactive ketones (excluding diaryl/α,β-unsaturated/α-hetero) is 1. The largest absolute Gasteiger partial charge is 0.495 e. The number of hydrogen-bond donors (Lipinski definition) is 1. The molecule has 1 aromatic rings. The fraction of sp³-hybridized carbons (Fsp3) is 0.500. The van der Waals surface area contributed by atoms with Crippen LogP contribution < -0.4 is 10.1 Å². The predicted molar refractivity (Wildman–Crippen MR) is 74.8 cm³/mol. The molecule has 0 aliphatic rings. The van der Waals surface area contributed by atoms with Crippen molar-refractivity contribution in [2.45, 2.75) is 33.2 Å². The van der Waals surface area contributed by atoms with E-state index in [9.17, 15) is 4.79 Å². The summed E-state index contributed by atoms with van der Waals surface area (Å²) in [7, 11) is 1.57. The Hall–Kier alpha value is -1.06. The molecule has 1 N–H and O–H groups in total. The van der Waals surface area contributed by atoms with Gasteiger partial charge in [-0.05, 0) is 37.6 Å². The minimum Gasteiger partial charge on any atom is -0.495 e. The van der Waals surface area contributed by atoms with E-state index in [2.05, 4.69) is 5.32 Å². The van der Waals surface area contributed by atoms with Crippen molar-refractivity contribution in [3.05, 3.63) is 28.3 Å². The van der Waals surface area contributed by atoms with E-state index in [4.69, 9.17) is 16.3 Å². The number of methoxy groups -OCH3 is 1. The quantitative estimate of drug-likeness (QED) is 0.806. The zero-order chi connectivity index (χ0) is 13.7. The second kappa shape index (κ2) is 6.76. The molecule has 3 nitrogen and oxygen atoms in total. The van der Waals surface area contributed by atoms with Crippen molar-refractivity contribution in [2.75, 3.05) is 13.7 Å². The summed E-state index contributed by atoms with van der Waals surface area (Å²) < 4.78 is 5.14. The topological polar surface area (TPSA) is 38.3 Å². The molecule has 0 bridgehead atoms. The van der Waals surface area contributed by atoms with Crippen LogP contribution in [0.15, 0.2) is 12.1 Å². The Morgan fingerprint density at radius 2 is 2.11 bits per heavy atom. The molecule has 100 valence electrons. The highest BCUT2D eigenvalue weighted by Gasteiger charge is 2.20. The number of hydrogen-bond acceptors (Lipinski definition) is 3. The Bertz CT molecular complexity index is 432. The Kier molecular flexibility index (Phi) is 5.63. The van der Waals surface area contributed by atoms with Gasteiger partial charge >= 0.3 is 0 Å². The third kappa shape index (κ3) is 3.24. The highest BCUT2D eigenvalue weighted by molar-refractivity contribution is 6.32. The summed E-state index contributed by atoms with van der Waals surface area (Å²) in [5.74, 6) is 0.684. The number of likely N-dealkylation sites (N-methyl/N-ethyl adjacent to an activating group) is 1. The van der Waals surface area contributed by atoms with Crippen LogP contribution >= 0.6 is 11.6 Å². The van der Waals surface area contributed by atoms with Gasteiger partial charge in [-0.25, -0.2) is 0 Å². The van der Waals surface area contributed by atoms with E-state index < -0.39 is 0 Å². The van der Waals surface area contributed by atoms with Gasteiger partial charge in [0.2, 0.25) is 0 Å². The lowest BCUT2D eigenvalue weighted by molar-refractivity contribution is 0.0941. The monoisotopic (exact) mass is 269 g/mol. The van der Waals surface area contributed by atoms with E-state index in [-0.39, 0.29) is 11.8 Å². The highest BCUT2D eigenvalue weighted by Crippen LogP contribution is 2.28. The van der Waals surface area contributed by atoms with E-state index in [1.807, 2.05) is 20.8 Å². The van der Waals surface area contributed by atoms with E-state index in [0.717, 1.165) is 18.5 Å². The lowest BCUT2D eigenvalue weighted by atomic mass is 9.98. The zero-order valence-electron chi connectivity index (χ0n) is 11.3. The fourth-order valence-electron chi connectivity index (χ4n) is 1.93.